The number of thioether (sulfide) groups is 1. The summed E-state index contributed by atoms with van der Waals surface area (Å²) in [7, 11) is 0. The molecule has 0 aliphatic carbocycles. The van der Waals surface area contributed by atoms with Gasteiger partial charge >= 0.3 is 0 Å². The summed E-state index contributed by atoms with van der Waals surface area (Å²) in [6, 6.07) is 8.74. The number of carbonyl (C=O) groups is 1. The third kappa shape index (κ3) is 4.87. The van der Waals surface area contributed by atoms with Crippen LogP contribution in [0.1, 0.15) is 5.56 Å². The molecule has 0 radical (unpaired) electrons. The second kappa shape index (κ2) is 8.17. The minimum absolute atomic E-state index is 0.134. The Balaban J connectivity index is 1.80. The van der Waals surface area contributed by atoms with E-state index in [1.165, 1.54) is 23.1 Å². The van der Waals surface area contributed by atoms with Gasteiger partial charge in [0.1, 0.15) is 0 Å². The van der Waals surface area contributed by atoms with Crippen molar-refractivity contribution in [2.75, 3.05) is 22.9 Å². The smallest absolute Gasteiger partial charge is 0.234 e. The number of nitrogens with zero attached hydrogens (tertiary/aromatic N) is 3. The van der Waals surface area contributed by atoms with E-state index in [4.69, 9.17) is 5.26 Å². The van der Waals surface area contributed by atoms with Gasteiger partial charge in [-0.1, -0.05) is 29.2 Å². The Morgan fingerprint density at radius 2 is 2.18 bits per heavy atom. The normalized spacial score (nSPS) is 9.77. The molecule has 0 bridgehead atoms. The largest absolute Gasteiger partial charge is 0.357 e. The van der Waals surface area contributed by atoms with Crippen LogP contribution in [0, 0.1) is 11.3 Å². The molecule has 2 rings (SSSR count). The number of amides is 1. The number of carbonyl (C=O) groups excluding carboxylic acids is 1. The second-order valence-corrected chi connectivity index (χ2v) is 6.27. The van der Waals surface area contributed by atoms with Crippen LogP contribution in [-0.4, -0.2) is 28.4 Å². The third-order valence-electron chi connectivity index (χ3n) is 2.43. The first kappa shape index (κ1) is 16.0. The van der Waals surface area contributed by atoms with Crippen molar-refractivity contribution in [3.8, 4) is 6.07 Å². The van der Waals surface area contributed by atoms with Gasteiger partial charge in [0.15, 0.2) is 4.34 Å². The Hall–Kier alpha value is -2.37. The van der Waals surface area contributed by atoms with E-state index in [9.17, 15) is 4.79 Å². The Kier molecular flexibility index (Phi) is 5.94. The highest BCUT2D eigenvalue weighted by Crippen LogP contribution is 2.25. The van der Waals surface area contributed by atoms with E-state index >= 15 is 0 Å². The van der Waals surface area contributed by atoms with Crippen LogP contribution in [0.3, 0.4) is 0 Å². The number of aromatic nitrogens is 2. The zero-order valence-electron chi connectivity index (χ0n) is 11.6. The van der Waals surface area contributed by atoms with Gasteiger partial charge in [-0.05, 0) is 24.3 Å². The summed E-state index contributed by atoms with van der Waals surface area (Å²) < 4.78 is 0.724. The number of anilines is 2. The van der Waals surface area contributed by atoms with Crippen LogP contribution in [-0.2, 0) is 4.79 Å². The lowest BCUT2D eigenvalue weighted by Crippen LogP contribution is -2.13. The van der Waals surface area contributed by atoms with E-state index in [2.05, 4.69) is 27.4 Å². The highest BCUT2D eigenvalue weighted by molar-refractivity contribution is 8.01. The number of hydrogen-bond donors (Lipinski definition) is 2. The summed E-state index contributed by atoms with van der Waals surface area (Å²) in [5.74, 6) is 0.112. The van der Waals surface area contributed by atoms with Gasteiger partial charge in [-0.2, -0.15) is 5.26 Å². The molecule has 8 heteroatoms. The van der Waals surface area contributed by atoms with Gasteiger partial charge in [-0.25, -0.2) is 0 Å². The molecule has 0 aliphatic heterocycles. The zero-order valence-corrected chi connectivity index (χ0v) is 13.2. The predicted molar refractivity (Wildman–Crippen MR) is 89.1 cm³/mol. The van der Waals surface area contributed by atoms with E-state index < -0.39 is 0 Å². The molecule has 22 heavy (non-hydrogen) atoms. The first-order valence-electron chi connectivity index (χ1n) is 6.32. The first-order valence-corrected chi connectivity index (χ1v) is 8.12. The van der Waals surface area contributed by atoms with Gasteiger partial charge in [0.25, 0.3) is 0 Å². The van der Waals surface area contributed by atoms with E-state index in [0.717, 1.165) is 4.34 Å². The molecule has 0 aliphatic rings. The van der Waals surface area contributed by atoms with Crippen molar-refractivity contribution in [3.05, 3.63) is 42.5 Å². The third-order valence-corrected chi connectivity index (χ3v) is 4.44. The highest BCUT2D eigenvalue weighted by atomic mass is 32.2. The average Bonchev–Trinajstić information content (AvgIpc) is 2.99. The number of rotatable bonds is 7. The Morgan fingerprint density at radius 1 is 1.41 bits per heavy atom. The molecule has 0 saturated heterocycles. The lowest BCUT2D eigenvalue weighted by atomic mass is 10.2. The maximum Gasteiger partial charge on any atom is 0.234 e. The van der Waals surface area contributed by atoms with Crippen LogP contribution in [0.25, 0.3) is 0 Å². The second-order valence-electron chi connectivity index (χ2n) is 4.07. The Bertz CT molecular complexity index is 690. The first-order chi connectivity index (χ1) is 10.7. The molecule has 1 amide bonds. The van der Waals surface area contributed by atoms with Gasteiger partial charge in [-0.15, -0.1) is 16.8 Å². The van der Waals surface area contributed by atoms with Gasteiger partial charge in [0, 0.05) is 12.2 Å². The summed E-state index contributed by atoms with van der Waals surface area (Å²) >= 11 is 2.72. The Labute approximate surface area is 136 Å². The SMILES string of the molecule is C=CCNc1nnc(SCC(=O)Nc2ccc(C#N)cc2)s1. The van der Waals surface area contributed by atoms with Crippen molar-refractivity contribution < 1.29 is 4.79 Å². The molecule has 1 heterocycles. The molecule has 6 nitrogen and oxygen atoms in total. The highest BCUT2D eigenvalue weighted by Gasteiger charge is 2.08. The van der Waals surface area contributed by atoms with Gasteiger partial charge in [-0.3, -0.25) is 4.79 Å². The number of hydrogen-bond acceptors (Lipinski definition) is 7. The average molecular weight is 331 g/mol. The van der Waals surface area contributed by atoms with Crippen LogP contribution in [0.15, 0.2) is 41.3 Å². The lowest BCUT2D eigenvalue weighted by Gasteiger charge is -2.03. The molecule has 1 aromatic carbocycles. The fourth-order valence-corrected chi connectivity index (χ4v) is 3.01. The fraction of sp³-hybridized carbons (Fsp3) is 0.143. The van der Waals surface area contributed by atoms with Crippen molar-refractivity contribution in [1.29, 1.82) is 5.26 Å². The Morgan fingerprint density at radius 3 is 2.86 bits per heavy atom. The molecule has 1 aromatic heterocycles. The van der Waals surface area contributed by atoms with Gasteiger partial charge < -0.3 is 10.6 Å². The van der Waals surface area contributed by atoms with E-state index in [1.54, 1.807) is 30.3 Å². The summed E-state index contributed by atoms with van der Waals surface area (Å²) in [6.07, 6.45) is 1.74. The van der Waals surface area contributed by atoms with Crippen LogP contribution in [0.4, 0.5) is 10.8 Å². The molecule has 0 fully saturated rings. The van der Waals surface area contributed by atoms with Crippen LogP contribution < -0.4 is 10.6 Å². The van der Waals surface area contributed by atoms with Gasteiger partial charge in [0.2, 0.25) is 11.0 Å². The van der Waals surface area contributed by atoms with Crippen LogP contribution in [0.2, 0.25) is 0 Å². The number of nitriles is 1. The molecule has 0 unspecified atom stereocenters. The molecule has 2 aromatic rings. The van der Waals surface area contributed by atoms with Gasteiger partial charge in [0.05, 0.1) is 17.4 Å². The van der Waals surface area contributed by atoms with E-state index in [-0.39, 0.29) is 11.7 Å². The topological polar surface area (TPSA) is 90.7 Å². The fourth-order valence-electron chi connectivity index (χ4n) is 1.45. The molecule has 112 valence electrons. The molecule has 0 saturated carbocycles. The maximum absolute atomic E-state index is 11.8. The van der Waals surface area contributed by atoms with E-state index in [0.29, 0.717) is 22.9 Å². The minimum atomic E-state index is -0.134. The maximum atomic E-state index is 11.8. The van der Waals surface area contributed by atoms with E-state index in [1.807, 2.05) is 6.07 Å². The zero-order chi connectivity index (χ0) is 15.8. The minimum Gasteiger partial charge on any atom is -0.357 e. The lowest BCUT2D eigenvalue weighted by molar-refractivity contribution is -0.113. The van der Waals surface area contributed by atoms with Crippen LogP contribution in [0.5, 0.6) is 0 Å². The van der Waals surface area contributed by atoms with Crippen molar-refractivity contribution in [3.63, 3.8) is 0 Å². The van der Waals surface area contributed by atoms with Crippen molar-refractivity contribution in [2.24, 2.45) is 0 Å². The van der Waals surface area contributed by atoms with Crippen molar-refractivity contribution in [1.82, 2.24) is 10.2 Å². The summed E-state index contributed by atoms with van der Waals surface area (Å²) in [5, 5.41) is 23.2. The van der Waals surface area contributed by atoms with Crippen molar-refractivity contribution >= 4 is 39.8 Å². The standard InChI is InChI=1S/C14H13N5OS2/c1-2-7-16-13-18-19-14(22-13)21-9-12(20)17-11-5-3-10(8-15)4-6-11/h2-6H,1,7,9H2,(H,16,18)(H,17,20). The molecule has 0 atom stereocenters. The number of nitrogens with one attached hydrogen (secondary N) is 2. The monoisotopic (exact) mass is 331 g/mol. The number of benzene rings is 1. The summed E-state index contributed by atoms with van der Waals surface area (Å²) in [4.78, 5) is 11.8. The predicted octanol–water partition coefficient (Wildman–Crippen LogP) is 2.74. The summed E-state index contributed by atoms with van der Waals surface area (Å²) in [5.41, 5.74) is 1.22. The molecular formula is C14H13N5OS2. The molecule has 2 N–H and O–H groups in total. The molecule has 0 spiro atoms. The van der Waals surface area contributed by atoms with Crippen molar-refractivity contribution in [2.45, 2.75) is 4.34 Å². The molecular weight excluding hydrogens is 318 g/mol. The quantitative estimate of drug-likeness (QED) is 0.599. The van der Waals surface area contributed by atoms with Crippen LogP contribution >= 0.6 is 23.1 Å². The summed E-state index contributed by atoms with van der Waals surface area (Å²) in [6.45, 7) is 4.23.